The third-order valence-corrected chi connectivity index (χ3v) is 4.83. The van der Waals surface area contributed by atoms with E-state index in [9.17, 15) is 4.79 Å². The third kappa shape index (κ3) is 3.58. The van der Waals surface area contributed by atoms with Gasteiger partial charge in [-0.2, -0.15) is 0 Å². The minimum Gasteiger partial charge on any atom is -0.490 e. The molecule has 1 N–H and O–H groups in total. The number of hydrogen-bond acceptors (Lipinski definition) is 2. The van der Waals surface area contributed by atoms with Gasteiger partial charge in [0.1, 0.15) is 5.75 Å². The molecule has 2 saturated carbocycles. The van der Waals surface area contributed by atoms with Gasteiger partial charge in [0.05, 0.1) is 11.7 Å². The van der Waals surface area contributed by atoms with Crippen molar-refractivity contribution in [1.29, 1.82) is 0 Å². The predicted molar refractivity (Wildman–Crippen MR) is 83.6 cm³/mol. The molecule has 2 aliphatic carbocycles. The molecular weight excluding hydrogens is 262 g/mol. The highest BCUT2D eigenvalue weighted by Crippen LogP contribution is 2.28. The molecule has 0 bridgehead atoms. The lowest BCUT2D eigenvalue weighted by Crippen LogP contribution is -2.37. The van der Waals surface area contributed by atoms with Crippen molar-refractivity contribution in [3.63, 3.8) is 0 Å². The standard InChI is InChI=1S/C18H25NO2/c1-13-9-11-14(12-10-13)19-18(20)16-7-2-3-8-17(16)21-15-5-4-6-15/h2-3,7-8,13-15H,4-6,9-12H2,1H3,(H,19,20). The van der Waals surface area contributed by atoms with Crippen LogP contribution in [0.1, 0.15) is 62.2 Å². The average molecular weight is 287 g/mol. The predicted octanol–water partition coefficient (Wildman–Crippen LogP) is 3.93. The Labute approximate surface area is 127 Å². The van der Waals surface area contributed by atoms with Crippen molar-refractivity contribution in [3.05, 3.63) is 29.8 Å². The monoisotopic (exact) mass is 287 g/mol. The average Bonchev–Trinajstić information content (AvgIpc) is 2.46. The first-order valence-electron chi connectivity index (χ1n) is 8.29. The van der Waals surface area contributed by atoms with Crippen molar-refractivity contribution in [2.75, 3.05) is 0 Å². The maximum Gasteiger partial charge on any atom is 0.255 e. The molecule has 1 aromatic rings. The SMILES string of the molecule is CC1CCC(NC(=O)c2ccccc2OC2CCC2)CC1. The number of ether oxygens (including phenoxy) is 1. The maximum atomic E-state index is 12.5. The van der Waals surface area contributed by atoms with Crippen LogP contribution in [0.4, 0.5) is 0 Å². The lowest BCUT2D eigenvalue weighted by atomic mass is 9.87. The van der Waals surface area contributed by atoms with Gasteiger partial charge in [-0.1, -0.05) is 19.1 Å². The molecule has 0 spiro atoms. The zero-order valence-corrected chi connectivity index (χ0v) is 12.8. The third-order valence-electron chi connectivity index (χ3n) is 4.83. The fourth-order valence-corrected chi connectivity index (χ4v) is 3.09. The molecule has 3 rings (SSSR count). The number of carbonyl (C=O) groups is 1. The van der Waals surface area contributed by atoms with E-state index in [4.69, 9.17) is 4.74 Å². The van der Waals surface area contributed by atoms with Gasteiger partial charge in [-0.15, -0.1) is 0 Å². The minimum atomic E-state index is 0.0180. The molecule has 1 amide bonds. The van der Waals surface area contributed by atoms with Gasteiger partial charge in [-0.25, -0.2) is 0 Å². The molecule has 0 saturated heterocycles. The first-order valence-corrected chi connectivity index (χ1v) is 8.29. The summed E-state index contributed by atoms with van der Waals surface area (Å²) in [6.07, 6.45) is 8.37. The second kappa shape index (κ2) is 6.50. The molecule has 1 aromatic carbocycles. The number of nitrogens with one attached hydrogen (secondary N) is 1. The quantitative estimate of drug-likeness (QED) is 0.911. The van der Waals surface area contributed by atoms with Gasteiger partial charge in [0.25, 0.3) is 5.91 Å². The van der Waals surface area contributed by atoms with Crippen LogP contribution in [0.15, 0.2) is 24.3 Å². The van der Waals surface area contributed by atoms with Crippen LogP contribution in [0.25, 0.3) is 0 Å². The minimum absolute atomic E-state index is 0.0180. The van der Waals surface area contributed by atoms with Crippen molar-refractivity contribution in [3.8, 4) is 5.75 Å². The molecule has 0 aliphatic heterocycles. The first-order chi connectivity index (χ1) is 10.2. The van der Waals surface area contributed by atoms with Crippen LogP contribution in [-0.2, 0) is 0 Å². The zero-order valence-electron chi connectivity index (χ0n) is 12.8. The van der Waals surface area contributed by atoms with Crippen molar-refractivity contribution >= 4 is 5.91 Å². The fourth-order valence-electron chi connectivity index (χ4n) is 3.09. The van der Waals surface area contributed by atoms with Crippen molar-refractivity contribution < 1.29 is 9.53 Å². The molecule has 2 fully saturated rings. The van der Waals surface area contributed by atoms with Gasteiger partial charge in [-0.05, 0) is 63.0 Å². The van der Waals surface area contributed by atoms with E-state index in [1.165, 1.54) is 19.3 Å². The summed E-state index contributed by atoms with van der Waals surface area (Å²) < 4.78 is 5.95. The summed E-state index contributed by atoms with van der Waals surface area (Å²) in [5.41, 5.74) is 0.683. The summed E-state index contributed by atoms with van der Waals surface area (Å²) in [4.78, 5) is 12.5. The van der Waals surface area contributed by atoms with Crippen molar-refractivity contribution in [1.82, 2.24) is 5.32 Å². The number of para-hydroxylation sites is 1. The summed E-state index contributed by atoms with van der Waals surface area (Å²) in [6, 6.07) is 7.95. The number of benzene rings is 1. The van der Waals surface area contributed by atoms with Crippen LogP contribution in [0.2, 0.25) is 0 Å². The molecule has 0 atom stereocenters. The fraction of sp³-hybridized carbons (Fsp3) is 0.611. The van der Waals surface area contributed by atoms with Crippen LogP contribution in [0, 0.1) is 5.92 Å². The van der Waals surface area contributed by atoms with E-state index in [0.29, 0.717) is 17.7 Å². The Morgan fingerprint density at radius 2 is 1.81 bits per heavy atom. The summed E-state index contributed by atoms with van der Waals surface area (Å²) >= 11 is 0. The molecule has 0 unspecified atom stereocenters. The van der Waals surface area contributed by atoms with Gasteiger partial charge >= 0.3 is 0 Å². The van der Waals surface area contributed by atoms with Crippen LogP contribution in [0.3, 0.4) is 0 Å². The normalized spacial score (nSPS) is 26.0. The van der Waals surface area contributed by atoms with Gasteiger partial charge < -0.3 is 10.1 Å². The van der Waals surface area contributed by atoms with Crippen LogP contribution < -0.4 is 10.1 Å². The second-order valence-electron chi connectivity index (χ2n) is 6.60. The zero-order chi connectivity index (χ0) is 14.7. The Bertz CT molecular complexity index is 488. The first kappa shape index (κ1) is 14.4. The Balaban J connectivity index is 1.63. The van der Waals surface area contributed by atoms with Gasteiger partial charge in [0.15, 0.2) is 0 Å². The topological polar surface area (TPSA) is 38.3 Å². The van der Waals surface area contributed by atoms with Crippen molar-refractivity contribution in [2.24, 2.45) is 5.92 Å². The summed E-state index contributed by atoms with van der Waals surface area (Å²) in [7, 11) is 0. The summed E-state index contributed by atoms with van der Waals surface area (Å²) in [5, 5.41) is 3.19. The van der Waals surface area contributed by atoms with Crippen molar-refractivity contribution in [2.45, 2.75) is 64.0 Å². The molecule has 3 nitrogen and oxygen atoms in total. The lowest BCUT2D eigenvalue weighted by Gasteiger charge is -2.29. The highest BCUT2D eigenvalue weighted by atomic mass is 16.5. The molecule has 21 heavy (non-hydrogen) atoms. The highest BCUT2D eigenvalue weighted by molar-refractivity contribution is 5.97. The number of amides is 1. The molecule has 114 valence electrons. The van der Waals surface area contributed by atoms with Gasteiger partial charge in [-0.3, -0.25) is 4.79 Å². The summed E-state index contributed by atoms with van der Waals surface area (Å²) in [5.74, 6) is 1.56. The van der Waals surface area contributed by atoms with Crippen LogP contribution in [-0.4, -0.2) is 18.1 Å². The number of carbonyl (C=O) groups excluding carboxylic acids is 1. The number of rotatable bonds is 4. The van der Waals surface area contributed by atoms with Gasteiger partial charge in [0.2, 0.25) is 0 Å². The Kier molecular flexibility index (Phi) is 4.47. The van der Waals surface area contributed by atoms with E-state index in [0.717, 1.165) is 37.4 Å². The summed E-state index contributed by atoms with van der Waals surface area (Å²) in [6.45, 7) is 2.29. The van der Waals surface area contributed by atoms with Crippen LogP contribution in [0.5, 0.6) is 5.75 Å². The van der Waals surface area contributed by atoms with E-state index in [-0.39, 0.29) is 5.91 Å². The largest absolute Gasteiger partial charge is 0.490 e. The molecule has 2 aliphatic rings. The second-order valence-corrected chi connectivity index (χ2v) is 6.60. The van der Waals surface area contributed by atoms with E-state index in [1.54, 1.807) is 0 Å². The number of hydrogen-bond donors (Lipinski definition) is 1. The van der Waals surface area contributed by atoms with E-state index < -0.39 is 0 Å². The molecular formula is C18H25NO2. The molecule has 0 heterocycles. The van der Waals surface area contributed by atoms with E-state index in [1.807, 2.05) is 24.3 Å². The molecule has 0 aromatic heterocycles. The van der Waals surface area contributed by atoms with Crippen LogP contribution >= 0.6 is 0 Å². The van der Waals surface area contributed by atoms with E-state index in [2.05, 4.69) is 12.2 Å². The molecule has 0 radical (unpaired) electrons. The molecule has 3 heteroatoms. The highest BCUT2D eigenvalue weighted by Gasteiger charge is 2.24. The van der Waals surface area contributed by atoms with Gasteiger partial charge in [0, 0.05) is 6.04 Å². The Morgan fingerprint density at radius 3 is 2.48 bits per heavy atom. The smallest absolute Gasteiger partial charge is 0.255 e. The lowest BCUT2D eigenvalue weighted by molar-refractivity contribution is 0.0899. The Hall–Kier alpha value is -1.51. The Morgan fingerprint density at radius 1 is 1.10 bits per heavy atom. The van der Waals surface area contributed by atoms with E-state index >= 15 is 0 Å². The maximum absolute atomic E-state index is 12.5.